The number of benzene rings is 1. The Kier molecular flexibility index (Phi) is 4.96. The van der Waals surface area contributed by atoms with Gasteiger partial charge in [-0.2, -0.15) is 5.10 Å². The number of aromatic nitrogens is 3. The van der Waals surface area contributed by atoms with Crippen molar-refractivity contribution < 1.29 is 4.52 Å². The lowest BCUT2D eigenvalue weighted by Gasteiger charge is -2.22. The Morgan fingerprint density at radius 2 is 2.23 bits per heavy atom. The van der Waals surface area contributed by atoms with Gasteiger partial charge < -0.3 is 4.52 Å². The number of nitrogens with one attached hydrogen (secondary N) is 1. The van der Waals surface area contributed by atoms with Crippen molar-refractivity contribution in [2.45, 2.75) is 45.2 Å². The van der Waals surface area contributed by atoms with E-state index in [4.69, 9.17) is 4.52 Å². The normalized spacial score (nSPS) is 18.1. The highest BCUT2D eigenvalue weighted by Crippen LogP contribution is 2.35. The highest BCUT2D eigenvalue weighted by molar-refractivity contribution is 9.10. The number of aromatic amines is 1. The minimum atomic E-state index is 0.316. The van der Waals surface area contributed by atoms with Crippen LogP contribution in [0.25, 0.3) is 11.3 Å². The zero-order valence-corrected chi connectivity index (χ0v) is 16.7. The lowest BCUT2D eigenvalue weighted by molar-refractivity contribution is 0.236. The van der Waals surface area contributed by atoms with Gasteiger partial charge in [0, 0.05) is 34.1 Å². The second-order valence-electron chi connectivity index (χ2n) is 7.22. The third-order valence-corrected chi connectivity index (χ3v) is 5.52. The molecule has 1 atom stereocenters. The molecular formula is C20H23BrN4O. The van der Waals surface area contributed by atoms with E-state index in [0.717, 1.165) is 46.7 Å². The highest BCUT2D eigenvalue weighted by atomic mass is 79.9. The summed E-state index contributed by atoms with van der Waals surface area (Å²) in [4.78, 5) is 2.48. The van der Waals surface area contributed by atoms with Gasteiger partial charge in [0.1, 0.15) is 11.5 Å². The summed E-state index contributed by atoms with van der Waals surface area (Å²) < 4.78 is 6.60. The van der Waals surface area contributed by atoms with Crippen LogP contribution in [-0.2, 0) is 6.54 Å². The third kappa shape index (κ3) is 3.48. The van der Waals surface area contributed by atoms with E-state index >= 15 is 0 Å². The van der Waals surface area contributed by atoms with Gasteiger partial charge in [-0.3, -0.25) is 10.00 Å². The number of likely N-dealkylation sites (tertiary alicyclic amines) is 1. The summed E-state index contributed by atoms with van der Waals surface area (Å²) in [6, 6.07) is 10.7. The summed E-state index contributed by atoms with van der Waals surface area (Å²) in [7, 11) is 0. The van der Waals surface area contributed by atoms with E-state index in [1.807, 2.05) is 18.3 Å². The van der Waals surface area contributed by atoms with Crippen LogP contribution in [0.5, 0.6) is 0 Å². The molecule has 4 rings (SSSR count). The van der Waals surface area contributed by atoms with Crippen molar-refractivity contribution in [3.05, 3.63) is 58.0 Å². The van der Waals surface area contributed by atoms with Crippen LogP contribution in [0.2, 0.25) is 0 Å². The van der Waals surface area contributed by atoms with Crippen LogP contribution in [0.3, 0.4) is 0 Å². The van der Waals surface area contributed by atoms with E-state index in [9.17, 15) is 0 Å². The summed E-state index contributed by atoms with van der Waals surface area (Å²) in [5.74, 6) is 1.33. The molecule has 0 saturated carbocycles. The van der Waals surface area contributed by atoms with Crippen LogP contribution in [-0.4, -0.2) is 26.8 Å². The molecule has 1 saturated heterocycles. The van der Waals surface area contributed by atoms with Crippen LogP contribution in [0, 0.1) is 0 Å². The van der Waals surface area contributed by atoms with Crippen LogP contribution in [0.4, 0.5) is 0 Å². The van der Waals surface area contributed by atoms with E-state index in [1.54, 1.807) is 0 Å². The fourth-order valence-electron chi connectivity index (χ4n) is 3.63. The van der Waals surface area contributed by atoms with E-state index in [0.29, 0.717) is 12.0 Å². The molecule has 1 N–H and O–H groups in total. The van der Waals surface area contributed by atoms with Crippen LogP contribution >= 0.6 is 15.9 Å². The van der Waals surface area contributed by atoms with Gasteiger partial charge in [0.2, 0.25) is 0 Å². The van der Waals surface area contributed by atoms with Gasteiger partial charge in [-0.25, -0.2) is 0 Å². The summed E-state index contributed by atoms with van der Waals surface area (Å²) >= 11 is 3.55. The molecule has 1 aromatic carbocycles. The van der Waals surface area contributed by atoms with Crippen molar-refractivity contribution in [1.29, 1.82) is 0 Å². The molecule has 1 fully saturated rings. The molecule has 5 nitrogen and oxygen atoms in total. The zero-order chi connectivity index (χ0) is 18.1. The van der Waals surface area contributed by atoms with E-state index in [2.05, 4.69) is 68.2 Å². The van der Waals surface area contributed by atoms with Crippen LogP contribution < -0.4 is 0 Å². The average Bonchev–Trinajstić information content (AvgIpc) is 3.35. The minimum absolute atomic E-state index is 0.316. The van der Waals surface area contributed by atoms with Crippen molar-refractivity contribution in [3.63, 3.8) is 0 Å². The number of nitrogens with zero attached hydrogens (tertiary/aromatic N) is 3. The van der Waals surface area contributed by atoms with E-state index < -0.39 is 0 Å². The number of H-pyrrole nitrogens is 1. The van der Waals surface area contributed by atoms with Crippen LogP contribution in [0.15, 0.2) is 45.5 Å². The van der Waals surface area contributed by atoms with Gasteiger partial charge in [0.15, 0.2) is 0 Å². The largest absolute Gasteiger partial charge is 0.361 e. The standard InChI is InChI=1S/C20H23BrN4O/c1-13(2)19-10-17(24-26-19)18-7-4-8-25(18)12-15-11-22-23-20(15)14-5-3-6-16(21)9-14/h3,5-6,9-11,13,18H,4,7-8,12H2,1-2H3,(H,22,23)/t18-/m1/s1. The molecule has 0 radical (unpaired) electrons. The van der Waals surface area contributed by atoms with Crippen molar-refractivity contribution in [1.82, 2.24) is 20.3 Å². The predicted molar refractivity (Wildman–Crippen MR) is 105 cm³/mol. The molecule has 0 spiro atoms. The van der Waals surface area contributed by atoms with Gasteiger partial charge in [-0.1, -0.05) is 47.1 Å². The molecule has 0 amide bonds. The number of hydrogen-bond acceptors (Lipinski definition) is 4. The monoisotopic (exact) mass is 414 g/mol. The Balaban J connectivity index is 1.56. The molecule has 3 aromatic rings. The Morgan fingerprint density at radius 3 is 3.00 bits per heavy atom. The Morgan fingerprint density at radius 1 is 1.35 bits per heavy atom. The van der Waals surface area contributed by atoms with Gasteiger partial charge >= 0.3 is 0 Å². The maximum atomic E-state index is 5.53. The van der Waals surface area contributed by atoms with Crippen molar-refractivity contribution in [2.75, 3.05) is 6.54 Å². The van der Waals surface area contributed by atoms with Gasteiger partial charge in [-0.05, 0) is 31.5 Å². The second kappa shape index (κ2) is 7.37. The minimum Gasteiger partial charge on any atom is -0.361 e. The molecule has 2 aromatic heterocycles. The first kappa shape index (κ1) is 17.5. The predicted octanol–water partition coefficient (Wildman–Crippen LogP) is 5.29. The Labute approximate surface area is 161 Å². The SMILES string of the molecule is CC(C)c1cc([C@H]2CCCN2Cc2cn[nH]c2-c2cccc(Br)c2)no1. The summed E-state index contributed by atoms with van der Waals surface area (Å²) in [5.41, 5.74) is 4.49. The topological polar surface area (TPSA) is 58.0 Å². The first-order valence-corrected chi connectivity index (χ1v) is 9.90. The molecule has 6 heteroatoms. The quantitative estimate of drug-likeness (QED) is 0.616. The number of rotatable bonds is 5. The highest BCUT2D eigenvalue weighted by Gasteiger charge is 2.30. The maximum absolute atomic E-state index is 5.53. The second-order valence-corrected chi connectivity index (χ2v) is 8.13. The molecular weight excluding hydrogens is 392 g/mol. The molecule has 1 aliphatic heterocycles. The average molecular weight is 415 g/mol. The molecule has 0 aliphatic carbocycles. The van der Waals surface area contributed by atoms with Gasteiger partial charge in [0.25, 0.3) is 0 Å². The third-order valence-electron chi connectivity index (χ3n) is 5.03. The number of halogens is 1. The van der Waals surface area contributed by atoms with Crippen molar-refractivity contribution in [3.8, 4) is 11.3 Å². The van der Waals surface area contributed by atoms with Crippen molar-refractivity contribution in [2.24, 2.45) is 0 Å². The summed E-state index contributed by atoms with van der Waals surface area (Å²) in [6.07, 6.45) is 4.24. The molecule has 0 bridgehead atoms. The lowest BCUT2D eigenvalue weighted by atomic mass is 10.1. The molecule has 3 heterocycles. The smallest absolute Gasteiger partial charge is 0.139 e. The molecule has 136 valence electrons. The fourth-order valence-corrected chi connectivity index (χ4v) is 4.03. The summed E-state index contributed by atoms with van der Waals surface area (Å²) in [5, 5.41) is 11.8. The number of hydrogen-bond donors (Lipinski definition) is 1. The molecule has 0 unspecified atom stereocenters. The van der Waals surface area contributed by atoms with Crippen molar-refractivity contribution >= 4 is 15.9 Å². The summed E-state index contributed by atoms with van der Waals surface area (Å²) in [6.45, 7) is 6.18. The Hall–Kier alpha value is -1.92. The van der Waals surface area contributed by atoms with E-state index in [-0.39, 0.29) is 0 Å². The Bertz CT molecular complexity index is 885. The lowest BCUT2D eigenvalue weighted by Crippen LogP contribution is -2.23. The first-order valence-electron chi connectivity index (χ1n) is 9.10. The van der Waals surface area contributed by atoms with Gasteiger partial charge in [0.05, 0.1) is 17.9 Å². The zero-order valence-electron chi connectivity index (χ0n) is 15.1. The first-order chi connectivity index (χ1) is 12.6. The van der Waals surface area contributed by atoms with Crippen LogP contribution in [0.1, 0.15) is 55.7 Å². The van der Waals surface area contributed by atoms with Gasteiger partial charge in [-0.15, -0.1) is 0 Å². The molecule has 26 heavy (non-hydrogen) atoms. The fraction of sp³-hybridized carbons (Fsp3) is 0.400. The maximum Gasteiger partial charge on any atom is 0.139 e. The van der Waals surface area contributed by atoms with E-state index in [1.165, 1.54) is 12.0 Å². The molecule has 1 aliphatic rings.